The summed E-state index contributed by atoms with van der Waals surface area (Å²) in [5, 5.41) is 3.86. The zero-order valence-corrected chi connectivity index (χ0v) is 10.5. The smallest absolute Gasteiger partial charge is 0.267 e. The number of hydrogen-bond acceptors (Lipinski definition) is 5. The summed E-state index contributed by atoms with van der Waals surface area (Å²) in [5.41, 5.74) is 0.710. The quantitative estimate of drug-likeness (QED) is 0.738. The highest BCUT2D eigenvalue weighted by Crippen LogP contribution is 2.17. The van der Waals surface area contributed by atoms with Gasteiger partial charge in [0, 0.05) is 13.1 Å². The molecule has 1 fully saturated rings. The predicted octanol–water partition coefficient (Wildman–Crippen LogP) is 1.10. The molecule has 0 N–H and O–H groups in total. The SMILES string of the molecule is Cc1nnsc1C(=O)N1C[C@@H](C)O[C@@H](C)C1. The van der Waals surface area contributed by atoms with Crippen molar-refractivity contribution in [3.05, 3.63) is 10.6 Å². The summed E-state index contributed by atoms with van der Waals surface area (Å²) in [6.45, 7) is 7.05. The fourth-order valence-electron chi connectivity index (χ4n) is 1.92. The molecule has 1 aliphatic heterocycles. The first-order chi connectivity index (χ1) is 7.58. The van der Waals surface area contributed by atoms with E-state index in [0.29, 0.717) is 23.7 Å². The molecule has 1 aromatic rings. The summed E-state index contributed by atoms with van der Waals surface area (Å²) in [6, 6.07) is 0. The summed E-state index contributed by atoms with van der Waals surface area (Å²) in [4.78, 5) is 14.6. The summed E-state index contributed by atoms with van der Waals surface area (Å²) in [7, 11) is 0. The number of aryl methyl sites for hydroxylation is 1. The molecule has 1 aliphatic rings. The lowest BCUT2D eigenvalue weighted by atomic mass is 10.2. The van der Waals surface area contributed by atoms with Gasteiger partial charge in [0.1, 0.15) is 4.88 Å². The largest absolute Gasteiger partial charge is 0.372 e. The maximum absolute atomic E-state index is 12.2. The molecule has 0 bridgehead atoms. The van der Waals surface area contributed by atoms with Crippen molar-refractivity contribution in [3.8, 4) is 0 Å². The van der Waals surface area contributed by atoms with Crippen LogP contribution in [-0.4, -0.2) is 45.7 Å². The molecule has 2 atom stereocenters. The van der Waals surface area contributed by atoms with Crippen molar-refractivity contribution < 1.29 is 9.53 Å². The van der Waals surface area contributed by atoms with Crippen molar-refractivity contribution in [3.63, 3.8) is 0 Å². The zero-order chi connectivity index (χ0) is 11.7. The number of carbonyl (C=O) groups is 1. The van der Waals surface area contributed by atoms with Crippen molar-refractivity contribution in [1.82, 2.24) is 14.5 Å². The van der Waals surface area contributed by atoms with Crippen LogP contribution in [0, 0.1) is 6.92 Å². The van der Waals surface area contributed by atoms with E-state index in [9.17, 15) is 4.79 Å². The molecule has 0 spiro atoms. The third kappa shape index (κ3) is 2.22. The van der Waals surface area contributed by atoms with Crippen LogP contribution >= 0.6 is 11.5 Å². The number of rotatable bonds is 1. The molecule has 6 heteroatoms. The van der Waals surface area contributed by atoms with Crippen molar-refractivity contribution >= 4 is 17.4 Å². The van der Waals surface area contributed by atoms with E-state index in [4.69, 9.17) is 4.74 Å². The standard InChI is InChI=1S/C10H15N3O2S/c1-6-4-13(5-7(2)15-6)10(14)9-8(3)11-12-16-9/h6-7H,4-5H2,1-3H3/t6-,7+. The Morgan fingerprint density at radius 3 is 2.56 bits per heavy atom. The first kappa shape index (κ1) is 11.5. The van der Waals surface area contributed by atoms with Gasteiger partial charge in [0.2, 0.25) is 0 Å². The highest BCUT2D eigenvalue weighted by Gasteiger charge is 2.28. The third-order valence-electron chi connectivity index (χ3n) is 2.55. The van der Waals surface area contributed by atoms with E-state index in [2.05, 4.69) is 9.59 Å². The molecular formula is C10H15N3O2S. The Hall–Kier alpha value is -1.01. The predicted molar refractivity (Wildman–Crippen MR) is 60.6 cm³/mol. The molecule has 0 aliphatic carbocycles. The van der Waals surface area contributed by atoms with E-state index in [1.165, 1.54) is 0 Å². The summed E-state index contributed by atoms with van der Waals surface area (Å²) >= 11 is 1.16. The van der Waals surface area contributed by atoms with Crippen LogP contribution in [0.2, 0.25) is 0 Å². The highest BCUT2D eigenvalue weighted by atomic mass is 32.1. The number of carbonyl (C=O) groups excluding carboxylic acids is 1. The Labute approximate surface area is 98.6 Å². The molecule has 1 amide bonds. The second-order valence-electron chi connectivity index (χ2n) is 4.15. The number of morpholine rings is 1. The number of aromatic nitrogens is 2. The maximum Gasteiger partial charge on any atom is 0.267 e. The van der Waals surface area contributed by atoms with Crippen LogP contribution in [0.1, 0.15) is 29.2 Å². The Morgan fingerprint density at radius 1 is 1.44 bits per heavy atom. The normalized spacial score (nSPS) is 25.8. The van der Waals surface area contributed by atoms with Gasteiger partial charge in [-0.05, 0) is 32.3 Å². The Kier molecular flexibility index (Phi) is 3.20. The minimum Gasteiger partial charge on any atom is -0.372 e. The fraction of sp³-hybridized carbons (Fsp3) is 0.700. The van der Waals surface area contributed by atoms with Crippen LogP contribution in [0.3, 0.4) is 0 Å². The molecule has 0 aromatic carbocycles. The lowest BCUT2D eigenvalue weighted by Gasteiger charge is -2.35. The van der Waals surface area contributed by atoms with Crippen molar-refractivity contribution in [2.45, 2.75) is 33.0 Å². The van der Waals surface area contributed by atoms with Gasteiger partial charge in [-0.25, -0.2) is 0 Å². The average Bonchev–Trinajstić information content (AvgIpc) is 2.62. The molecule has 88 valence electrons. The van der Waals surface area contributed by atoms with E-state index >= 15 is 0 Å². The molecular weight excluding hydrogens is 226 g/mol. The monoisotopic (exact) mass is 241 g/mol. The van der Waals surface area contributed by atoms with Crippen LogP contribution in [0.15, 0.2) is 0 Å². The second kappa shape index (κ2) is 4.47. The molecule has 1 saturated heterocycles. The molecule has 0 unspecified atom stereocenters. The van der Waals surface area contributed by atoms with Crippen LogP contribution in [0.5, 0.6) is 0 Å². The minimum absolute atomic E-state index is 0.0227. The summed E-state index contributed by atoms with van der Waals surface area (Å²) < 4.78 is 9.38. The number of amides is 1. The summed E-state index contributed by atoms with van der Waals surface area (Å²) in [6.07, 6.45) is 0.183. The lowest BCUT2D eigenvalue weighted by Crippen LogP contribution is -2.48. The van der Waals surface area contributed by atoms with Gasteiger partial charge in [-0.2, -0.15) is 0 Å². The molecule has 2 heterocycles. The van der Waals surface area contributed by atoms with E-state index in [-0.39, 0.29) is 18.1 Å². The van der Waals surface area contributed by atoms with E-state index < -0.39 is 0 Å². The van der Waals surface area contributed by atoms with Crippen molar-refractivity contribution in [2.24, 2.45) is 0 Å². The maximum atomic E-state index is 12.2. The molecule has 0 saturated carbocycles. The Morgan fingerprint density at radius 2 is 2.06 bits per heavy atom. The van der Waals surface area contributed by atoms with Crippen molar-refractivity contribution in [2.75, 3.05) is 13.1 Å². The molecule has 16 heavy (non-hydrogen) atoms. The van der Waals surface area contributed by atoms with Crippen LogP contribution in [0.25, 0.3) is 0 Å². The number of nitrogens with zero attached hydrogens (tertiary/aromatic N) is 3. The first-order valence-electron chi connectivity index (χ1n) is 5.31. The summed E-state index contributed by atoms with van der Waals surface area (Å²) in [5.74, 6) is 0.0227. The number of hydrogen-bond donors (Lipinski definition) is 0. The molecule has 5 nitrogen and oxygen atoms in total. The van der Waals surface area contributed by atoms with E-state index in [0.717, 1.165) is 11.5 Å². The van der Waals surface area contributed by atoms with Gasteiger partial charge in [-0.3, -0.25) is 4.79 Å². The minimum atomic E-state index is 0.0227. The Bertz CT molecular complexity index is 383. The highest BCUT2D eigenvalue weighted by molar-refractivity contribution is 7.07. The van der Waals surface area contributed by atoms with Crippen LogP contribution in [-0.2, 0) is 4.74 Å². The van der Waals surface area contributed by atoms with Crippen LogP contribution in [0.4, 0.5) is 0 Å². The fourth-order valence-corrected chi connectivity index (χ4v) is 2.54. The first-order valence-corrected chi connectivity index (χ1v) is 6.09. The van der Waals surface area contributed by atoms with Crippen molar-refractivity contribution in [1.29, 1.82) is 0 Å². The molecule has 0 radical (unpaired) electrons. The second-order valence-corrected chi connectivity index (χ2v) is 4.91. The number of ether oxygens (including phenoxy) is 1. The topological polar surface area (TPSA) is 55.3 Å². The van der Waals surface area contributed by atoms with Gasteiger partial charge < -0.3 is 9.64 Å². The van der Waals surface area contributed by atoms with Gasteiger partial charge in [0.15, 0.2) is 0 Å². The van der Waals surface area contributed by atoms with Gasteiger partial charge in [-0.15, -0.1) is 5.10 Å². The molecule has 1 aromatic heterocycles. The van der Waals surface area contributed by atoms with Gasteiger partial charge in [0.05, 0.1) is 17.9 Å². The van der Waals surface area contributed by atoms with Gasteiger partial charge in [0.25, 0.3) is 5.91 Å². The van der Waals surface area contributed by atoms with Gasteiger partial charge in [-0.1, -0.05) is 4.49 Å². The lowest BCUT2D eigenvalue weighted by molar-refractivity contribution is -0.0585. The van der Waals surface area contributed by atoms with E-state index in [1.807, 2.05) is 25.7 Å². The molecule has 2 rings (SSSR count). The van der Waals surface area contributed by atoms with Crippen LogP contribution < -0.4 is 0 Å². The van der Waals surface area contributed by atoms with Gasteiger partial charge >= 0.3 is 0 Å². The Balaban J connectivity index is 2.13. The average molecular weight is 241 g/mol. The zero-order valence-electron chi connectivity index (χ0n) is 9.64. The van der Waals surface area contributed by atoms with E-state index in [1.54, 1.807) is 0 Å². The third-order valence-corrected chi connectivity index (χ3v) is 3.37.